The summed E-state index contributed by atoms with van der Waals surface area (Å²) >= 11 is 5.60. The van der Waals surface area contributed by atoms with Gasteiger partial charge in [-0.05, 0) is 59.6 Å². The van der Waals surface area contributed by atoms with Gasteiger partial charge in [-0.3, -0.25) is 0 Å². The van der Waals surface area contributed by atoms with E-state index < -0.39 is 0 Å². The highest BCUT2D eigenvalue weighted by molar-refractivity contribution is 7.80. The lowest BCUT2D eigenvalue weighted by Crippen LogP contribution is -2.44. The van der Waals surface area contributed by atoms with Crippen LogP contribution in [0.2, 0.25) is 0 Å². The Balaban J connectivity index is 2.18. The molecule has 0 unspecified atom stereocenters. The first-order chi connectivity index (χ1) is 13.6. The summed E-state index contributed by atoms with van der Waals surface area (Å²) in [6.07, 6.45) is 0.862. The van der Waals surface area contributed by atoms with Crippen LogP contribution in [-0.2, 0) is 6.42 Å². The molecule has 0 fully saturated rings. The van der Waals surface area contributed by atoms with Gasteiger partial charge in [0.05, 0.1) is 34.5 Å². The summed E-state index contributed by atoms with van der Waals surface area (Å²) in [6.45, 7) is 0.793. The fraction of sp³-hybridized carbons (Fsp3) is 0.381. The summed E-state index contributed by atoms with van der Waals surface area (Å²) in [5.41, 5.74) is 3.41. The van der Waals surface area contributed by atoms with Gasteiger partial charge < -0.3 is 29.2 Å². The second kappa shape index (κ2) is 8.56. The minimum atomic E-state index is -0.0803. The molecule has 0 aliphatic carbocycles. The molecule has 150 valence electrons. The fourth-order valence-electron chi connectivity index (χ4n) is 3.69. The molecular weight excluding hydrogens is 376 g/mol. The molecule has 1 N–H and O–H groups in total. The average Bonchev–Trinajstić information content (AvgIpc) is 2.75. The lowest BCUT2D eigenvalue weighted by molar-refractivity contribution is 0.322. The molecule has 3 rings (SSSR count). The third-order valence-corrected chi connectivity index (χ3v) is 5.51. The Morgan fingerprint density at radius 1 is 0.929 bits per heavy atom. The largest absolute Gasteiger partial charge is 0.493 e. The second-order valence-electron chi connectivity index (χ2n) is 6.42. The number of fused-ring (bicyclic) bond motifs is 1. The third kappa shape index (κ3) is 3.54. The Kier molecular flexibility index (Phi) is 6.14. The molecule has 6 nitrogen and oxygen atoms in total. The Morgan fingerprint density at radius 3 is 2.14 bits per heavy atom. The number of nitrogens with zero attached hydrogens (tertiary/aromatic N) is 1. The van der Waals surface area contributed by atoms with Crippen molar-refractivity contribution >= 4 is 17.3 Å². The van der Waals surface area contributed by atoms with Gasteiger partial charge in [-0.1, -0.05) is 6.07 Å². The fourth-order valence-corrected chi connectivity index (χ4v) is 3.89. The maximum atomic E-state index is 5.60. The molecule has 2 aromatic rings. The van der Waals surface area contributed by atoms with E-state index in [2.05, 4.69) is 16.3 Å². The minimum absolute atomic E-state index is 0.0803. The van der Waals surface area contributed by atoms with Crippen LogP contribution >= 0.6 is 12.2 Å². The number of ether oxygens (including phenoxy) is 4. The molecular formula is C21H26N2O4S. The quantitative estimate of drug-likeness (QED) is 0.771. The molecule has 0 amide bonds. The van der Waals surface area contributed by atoms with Crippen LogP contribution in [0.5, 0.6) is 23.0 Å². The average molecular weight is 403 g/mol. The summed E-state index contributed by atoms with van der Waals surface area (Å²) in [5, 5.41) is 3.81. The smallest absolute Gasteiger partial charge is 0.169 e. The van der Waals surface area contributed by atoms with Crippen molar-refractivity contribution in [1.82, 2.24) is 10.2 Å². The van der Waals surface area contributed by atoms with Crippen molar-refractivity contribution in [2.45, 2.75) is 12.5 Å². The number of benzene rings is 2. The summed E-state index contributed by atoms with van der Waals surface area (Å²) in [7, 11) is 8.42. The van der Waals surface area contributed by atoms with Gasteiger partial charge in [-0.2, -0.15) is 0 Å². The molecule has 1 atom stereocenters. The SMILES string of the molecule is CNC(=S)N1CCc2cc(OC)c(OC)cc2[C@H]1c1ccc(OC)c(OC)c1. The summed E-state index contributed by atoms with van der Waals surface area (Å²) < 4.78 is 22.0. The van der Waals surface area contributed by atoms with E-state index in [1.165, 1.54) is 5.56 Å². The number of rotatable bonds is 5. The molecule has 0 radical (unpaired) electrons. The first-order valence-electron chi connectivity index (χ1n) is 9.03. The molecule has 0 spiro atoms. The van der Waals surface area contributed by atoms with Gasteiger partial charge in [0.15, 0.2) is 28.1 Å². The zero-order chi connectivity index (χ0) is 20.3. The summed E-state index contributed by atoms with van der Waals surface area (Å²) in [6, 6.07) is 9.98. The standard InChI is InChI=1S/C21H26N2O4S/c1-22-21(28)23-9-8-13-10-18(26-4)19(27-5)12-15(13)20(23)14-6-7-16(24-2)17(11-14)25-3/h6-7,10-12,20H,8-9H2,1-5H3,(H,22,28)/t20-/m1/s1. The van der Waals surface area contributed by atoms with Gasteiger partial charge in [0.25, 0.3) is 0 Å². The van der Waals surface area contributed by atoms with Crippen LogP contribution in [0.1, 0.15) is 22.7 Å². The van der Waals surface area contributed by atoms with Crippen LogP contribution < -0.4 is 24.3 Å². The maximum Gasteiger partial charge on any atom is 0.169 e. The Hall–Kier alpha value is -2.67. The van der Waals surface area contributed by atoms with Gasteiger partial charge in [0, 0.05) is 13.6 Å². The molecule has 1 heterocycles. The molecule has 0 saturated carbocycles. The Morgan fingerprint density at radius 2 is 1.54 bits per heavy atom. The van der Waals surface area contributed by atoms with E-state index in [0.717, 1.165) is 29.8 Å². The highest BCUT2D eigenvalue weighted by atomic mass is 32.1. The van der Waals surface area contributed by atoms with Crippen molar-refractivity contribution in [3.05, 3.63) is 47.0 Å². The van der Waals surface area contributed by atoms with Crippen LogP contribution in [0.15, 0.2) is 30.3 Å². The maximum absolute atomic E-state index is 5.60. The van der Waals surface area contributed by atoms with E-state index in [1.807, 2.05) is 31.3 Å². The van der Waals surface area contributed by atoms with Crippen LogP contribution in [-0.4, -0.2) is 52.0 Å². The summed E-state index contributed by atoms with van der Waals surface area (Å²) in [4.78, 5) is 2.19. The number of nitrogens with one attached hydrogen (secondary N) is 1. The predicted octanol–water partition coefficient (Wildman–Crippen LogP) is 3.17. The van der Waals surface area contributed by atoms with Crippen molar-refractivity contribution in [2.75, 3.05) is 42.0 Å². The van der Waals surface area contributed by atoms with Gasteiger partial charge in [0.1, 0.15) is 0 Å². The van der Waals surface area contributed by atoms with E-state index in [0.29, 0.717) is 22.4 Å². The number of thiocarbonyl (C=S) groups is 1. The third-order valence-electron chi connectivity index (χ3n) is 5.07. The number of hydrogen-bond donors (Lipinski definition) is 1. The molecule has 1 aliphatic heterocycles. The highest BCUT2D eigenvalue weighted by Crippen LogP contribution is 2.42. The molecule has 0 bridgehead atoms. The Bertz CT molecular complexity index is 872. The van der Waals surface area contributed by atoms with Crippen molar-refractivity contribution in [3.63, 3.8) is 0 Å². The minimum Gasteiger partial charge on any atom is -0.493 e. The molecule has 0 aromatic heterocycles. The zero-order valence-corrected chi connectivity index (χ0v) is 17.7. The van der Waals surface area contributed by atoms with Gasteiger partial charge >= 0.3 is 0 Å². The van der Waals surface area contributed by atoms with Crippen molar-refractivity contribution < 1.29 is 18.9 Å². The molecule has 2 aromatic carbocycles. The van der Waals surface area contributed by atoms with Crippen LogP contribution in [0.25, 0.3) is 0 Å². The van der Waals surface area contributed by atoms with Crippen molar-refractivity contribution in [3.8, 4) is 23.0 Å². The normalized spacial score (nSPS) is 15.5. The van der Waals surface area contributed by atoms with E-state index in [-0.39, 0.29) is 6.04 Å². The monoisotopic (exact) mass is 402 g/mol. The number of hydrogen-bond acceptors (Lipinski definition) is 5. The first kappa shape index (κ1) is 20.1. The van der Waals surface area contributed by atoms with E-state index >= 15 is 0 Å². The van der Waals surface area contributed by atoms with E-state index in [1.54, 1.807) is 28.4 Å². The van der Waals surface area contributed by atoms with E-state index in [9.17, 15) is 0 Å². The van der Waals surface area contributed by atoms with E-state index in [4.69, 9.17) is 31.2 Å². The lowest BCUT2D eigenvalue weighted by atomic mass is 9.87. The topological polar surface area (TPSA) is 52.2 Å². The molecule has 1 aliphatic rings. The first-order valence-corrected chi connectivity index (χ1v) is 9.43. The molecule has 0 saturated heterocycles. The molecule has 28 heavy (non-hydrogen) atoms. The van der Waals surface area contributed by atoms with Crippen molar-refractivity contribution in [1.29, 1.82) is 0 Å². The Labute approximate surface area is 171 Å². The van der Waals surface area contributed by atoms with Gasteiger partial charge in [-0.15, -0.1) is 0 Å². The van der Waals surface area contributed by atoms with Crippen LogP contribution in [0, 0.1) is 0 Å². The zero-order valence-electron chi connectivity index (χ0n) is 16.9. The van der Waals surface area contributed by atoms with Crippen LogP contribution in [0.4, 0.5) is 0 Å². The van der Waals surface area contributed by atoms with Gasteiger partial charge in [0.2, 0.25) is 0 Å². The van der Waals surface area contributed by atoms with Gasteiger partial charge in [-0.25, -0.2) is 0 Å². The predicted molar refractivity (Wildman–Crippen MR) is 113 cm³/mol. The molecule has 7 heteroatoms. The summed E-state index contributed by atoms with van der Waals surface area (Å²) in [5.74, 6) is 2.81. The number of methoxy groups -OCH3 is 4. The van der Waals surface area contributed by atoms with Crippen LogP contribution in [0.3, 0.4) is 0 Å². The lowest BCUT2D eigenvalue weighted by Gasteiger charge is -2.39. The second-order valence-corrected chi connectivity index (χ2v) is 6.81. The van der Waals surface area contributed by atoms with Crippen molar-refractivity contribution in [2.24, 2.45) is 0 Å². The highest BCUT2D eigenvalue weighted by Gasteiger charge is 2.32.